The van der Waals surface area contributed by atoms with Crippen molar-refractivity contribution in [3.8, 4) is 0 Å². The number of hydrogen-bond acceptors (Lipinski definition) is 2. The molecule has 0 spiro atoms. The zero-order valence-electron chi connectivity index (χ0n) is 8.60. The SMILES string of the molecule is CC(C)Cc1nc(I)oc1C(C)C. The minimum atomic E-state index is 0.435. The Kier molecular flexibility index (Phi) is 3.76. The summed E-state index contributed by atoms with van der Waals surface area (Å²) in [5.74, 6) is 2.13. The van der Waals surface area contributed by atoms with E-state index in [2.05, 4.69) is 55.3 Å². The van der Waals surface area contributed by atoms with Gasteiger partial charge in [0.25, 0.3) is 3.90 Å². The minimum absolute atomic E-state index is 0.435. The first-order valence-corrected chi connectivity index (χ1v) is 5.73. The van der Waals surface area contributed by atoms with Crippen LogP contribution in [-0.4, -0.2) is 4.98 Å². The lowest BCUT2D eigenvalue weighted by molar-refractivity contribution is 0.453. The first-order valence-electron chi connectivity index (χ1n) is 4.65. The molecule has 1 heterocycles. The maximum Gasteiger partial charge on any atom is 0.257 e. The molecule has 0 N–H and O–H groups in total. The summed E-state index contributed by atoms with van der Waals surface area (Å²) in [5, 5.41) is 0. The van der Waals surface area contributed by atoms with Crippen molar-refractivity contribution in [3.05, 3.63) is 15.4 Å². The first-order chi connectivity index (χ1) is 6.00. The molecule has 3 heteroatoms. The molecule has 13 heavy (non-hydrogen) atoms. The molecule has 74 valence electrons. The maximum atomic E-state index is 5.55. The largest absolute Gasteiger partial charge is 0.436 e. The molecule has 0 radical (unpaired) electrons. The highest BCUT2D eigenvalue weighted by Gasteiger charge is 2.15. The molecule has 0 aliphatic carbocycles. The van der Waals surface area contributed by atoms with Crippen LogP contribution in [0, 0.1) is 9.82 Å². The lowest BCUT2D eigenvalue weighted by Crippen LogP contribution is -1.99. The van der Waals surface area contributed by atoms with E-state index in [1.807, 2.05) is 0 Å². The molecule has 0 saturated carbocycles. The molecule has 1 aromatic heterocycles. The summed E-state index contributed by atoms with van der Waals surface area (Å²) in [6.45, 7) is 8.68. The van der Waals surface area contributed by atoms with Crippen molar-refractivity contribution in [3.63, 3.8) is 0 Å². The van der Waals surface area contributed by atoms with E-state index in [-0.39, 0.29) is 0 Å². The van der Waals surface area contributed by atoms with E-state index < -0.39 is 0 Å². The predicted octanol–water partition coefficient (Wildman–Crippen LogP) is 3.60. The Labute approximate surface area is 93.3 Å². The summed E-state index contributed by atoms with van der Waals surface area (Å²) >= 11 is 2.13. The zero-order valence-corrected chi connectivity index (χ0v) is 10.8. The summed E-state index contributed by atoms with van der Waals surface area (Å²) in [6, 6.07) is 0. The summed E-state index contributed by atoms with van der Waals surface area (Å²) in [7, 11) is 0. The summed E-state index contributed by atoms with van der Waals surface area (Å²) in [4.78, 5) is 4.39. The minimum Gasteiger partial charge on any atom is -0.436 e. The van der Waals surface area contributed by atoms with Crippen molar-refractivity contribution < 1.29 is 4.42 Å². The molecule has 0 atom stereocenters. The molecule has 0 aliphatic heterocycles. The third kappa shape index (κ3) is 2.97. The van der Waals surface area contributed by atoms with Crippen LogP contribution in [-0.2, 0) is 6.42 Å². The van der Waals surface area contributed by atoms with E-state index in [0.29, 0.717) is 11.8 Å². The monoisotopic (exact) mass is 293 g/mol. The molecule has 0 aromatic carbocycles. The lowest BCUT2D eigenvalue weighted by atomic mass is 10.0. The lowest BCUT2D eigenvalue weighted by Gasteiger charge is -2.05. The normalized spacial score (nSPS) is 11.6. The number of aromatic nitrogens is 1. The van der Waals surface area contributed by atoms with Crippen LogP contribution in [0.5, 0.6) is 0 Å². The Morgan fingerprint density at radius 3 is 2.38 bits per heavy atom. The van der Waals surface area contributed by atoms with Gasteiger partial charge in [-0.3, -0.25) is 0 Å². The number of hydrogen-bond donors (Lipinski definition) is 0. The smallest absolute Gasteiger partial charge is 0.257 e. The van der Waals surface area contributed by atoms with Crippen LogP contribution in [0.15, 0.2) is 4.42 Å². The molecular weight excluding hydrogens is 277 g/mol. The second-order valence-corrected chi connectivity index (χ2v) is 4.95. The van der Waals surface area contributed by atoms with Crippen LogP contribution >= 0.6 is 22.6 Å². The third-order valence-electron chi connectivity index (χ3n) is 1.83. The van der Waals surface area contributed by atoms with E-state index in [4.69, 9.17) is 4.42 Å². The average molecular weight is 293 g/mol. The second-order valence-electron chi connectivity index (χ2n) is 4.03. The van der Waals surface area contributed by atoms with Gasteiger partial charge in [-0.15, -0.1) is 0 Å². The van der Waals surface area contributed by atoms with Crippen LogP contribution < -0.4 is 0 Å². The van der Waals surface area contributed by atoms with E-state index in [9.17, 15) is 0 Å². The van der Waals surface area contributed by atoms with Crippen molar-refractivity contribution in [2.24, 2.45) is 5.92 Å². The molecule has 0 bridgehead atoms. The summed E-state index contributed by atoms with van der Waals surface area (Å²) in [5.41, 5.74) is 1.13. The van der Waals surface area contributed by atoms with Crippen LogP contribution in [0.1, 0.15) is 45.1 Å². The molecule has 1 aromatic rings. The van der Waals surface area contributed by atoms with Gasteiger partial charge in [0.1, 0.15) is 5.76 Å². The summed E-state index contributed by atoms with van der Waals surface area (Å²) < 4.78 is 6.31. The molecule has 0 fully saturated rings. The van der Waals surface area contributed by atoms with E-state index in [1.54, 1.807) is 0 Å². The van der Waals surface area contributed by atoms with Gasteiger partial charge >= 0.3 is 0 Å². The molecule has 2 nitrogen and oxygen atoms in total. The van der Waals surface area contributed by atoms with Crippen molar-refractivity contribution in [2.75, 3.05) is 0 Å². The summed E-state index contributed by atoms with van der Waals surface area (Å²) in [6.07, 6.45) is 1.01. The number of rotatable bonds is 3. The van der Waals surface area contributed by atoms with Gasteiger partial charge in [-0.25, -0.2) is 4.98 Å². The van der Waals surface area contributed by atoms with Gasteiger partial charge < -0.3 is 4.42 Å². The quantitative estimate of drug-likeness (QED) is 0.796. The molecule has 0 saturated heterocycles. The predicted molar refractivity (Wildman–Crippen MR) is 61.9 cm³/mol. The van der Waals surface area contributed by atoms with Crippen LogP contribution in [0.25, 0.3) is 0 Å². The number of oxazole rings is 1. The maximum absolute atomic E-state index is 5.55. The highest BCUT2D eigenvalue weighted by Crippen LogP contribution is 2.23. The Bertz CT molecular complexity index is 278. The van der Waals surface area contributed by atoms with Gasteiger partial charge in [-0.1, -0.05) is 27.7 Å². The second kappa shape index (κ2) is 4.44. The van der Waals surface area contributed by atoms with E-state index in [1.165, 1.54) is 0 Å². The molecule has 0 unspecified atom stereocenters. The van der Waals surface area contributed by atoms with Gasteiger partial charge in [0.05, 0.1) is 5.69 Å². The highest BCUT2D eigenvalue weighted by atomic mass is 127. The van der Waals surface area contributed by atoms with Gasteiger partial charge in [0.15, 0.2) is 0 Å². The average Bonchev–Trinajstić information content (AvgIpc) is 2.29. The van der Waals surface area contributed by atoms with Gasteiger partial charge in [0, 0.05) is 28.5 Å². The van der Waals surface area contributed by atoms with Gasteiger partial charge in [-0.2, -0.15) is 0 Å². The first kappa shape index (κ1) is 11.0. The number of nitrogens with zero attached hydrogens (tertiary/aromatic N) is 1. The Morgan fingerprint density at radius 2 is 1.92 bits per heavy atom. The Morgan fingerprint density at radius 1 is 1.31 bits per heavy atom. The fourth-order valence-corrected chi connectivity index (χ4v) is 1.85. The Balaban J connectivity index is 2.91. The third-order valence-corrected chi connectivity index (χ3v) is 2.29. The standard InChI is InChI=1S/C10H16INO/c1-6(2)5-8-9(7(3)4)13-10(11)12-8/h6-7H,5H2,1-4H3. The molecule has 0 amide bonds. The van der Waals surface area contributed by atoms with Crippen molar-refractivity contribution >= 4 is 22.6 Å². The van der Waals surface area contributed by atoms with Gasteiger partial charge in [-0.05, 0) is 12.3 Å². The van der Waals surface area contributed by atoms with Crippen molar-refractivity contribution in [1.82, 2.24) is 4.98 Å². The topological polar surface area (TPSA) is 26.0 Å². The Hall–Kier alpha value is -0.0600. The van der Waals surface area contributed by atoms with E-state index >= 15 is 0 Å². The molecule has 1 rings (SSSR count). The van der Waals surface area contributed by atoms with Crippen LogP contribution in [0.2, 0.25) is 0 Å². The van der Waals surface area contributed by atoms with Crippen LogP contribution in [0.3, 0.4) is 0 Å². The highest BCUT2D eigenvalue weighted by molar-refractivity contribution is 14.1. The fraction of sp³-hybridized carbons (Fsp3) is 0.700. The number of halogens is 1. The molecule has 0 aliphatic rings. The fourth-order valence-electron chi connectivity index (χ4n) is 1.32. The van der Waals surface area contributed by atoms with Crippen molar-refractivity contribution in [2.45, 2.75) is 40.0 Å². The van der Waals surface area contributed by atoms with Gasteiger partial charge in [0.2, 0.25) is 0 Å². The van der Waals surface area contributed by atoms with Crippen molar-refractivity contribution in [1.29, 1.82) is 0 Å². The van der Waals surface area contributed by atoms with E-state index in [0.717, 1.165) is 21.8 Å². The molecular formula is C10H16INO. The van der Waals surface area contributed by atoms with Crippen LogP contribution in [0.4, 0.5) is 0 Å². The zero-order chi connectivity index (χ0) is 10.0.